The molecule has 0 spiro atoms. The Kier molecular flexibility index (Phi) is 4.78. The minimum atomic E-state index is -0.902. The lowest BCUT2D eigenvalue weighted by Crippen LogP contribution is -2.16. The summed E-state index contributed by atoms with van der Waals surface area (Å²) in [5.41, 5.74) is 2.60. The monoisotopic (exact) mass is 353 g/mol. The number of hydrogen-bond acceptors (Lipinski definition) is 2. The predicted octanol–water partition coefficient (Wildman–Crippen LogP) is 4.22. The van der Waals surface area contributed by atoms with Gasteiger partial charge in [-0.15, -0.1) is 0 Å². The number of aryl methyl sites for hydroxylation is 1. The zero-order valence-corrected chi connectivity index (χ0v) is 13.1. The van der Waals surface area contributed by atoms with Crippen LogP contribution in [0.3, 0.4) is 0 Å². The second-order valence-electron chi connectivity index (χ2n) is 4.60. The number of aliphatic carboxylic acids is 1. The van der Waals surface area contributed by atoms with Crippen molar-refractivity contribution in [3.8, 4) is 0 Å². The maximum atomic E-state index is 11.5. The lowest BCUT2D eigenvalue weighted by atomic mass is 9.95. The Morgan fingerprint density at radius 1 is 1.40 bits per heavy atom. The second-order valence-corrected chi connectivity index (χ2v) is 5.89. The number of halogens is 2. The van der Waals surface area contributed by atoms with Crippen LogP contribution >= 0.6 is 27.5 Å². The van der Waals surface area contributed by atoms with Crippen LogP contribution in [-0.2, 0) is 11.2 Å². The molecule has 0 saturated carbocycles. The minimum absolute atomic E-state index is 0.392. The number of aromatic nitrogens is 1. The van der Waals surface area contributed by atoms with E-state index in [1.807, 2.05) is 31.2 Å². The molecule has 1 heterocycles. The standard InChI is InChI=1S/C15H13BrClNO2/c1-9-2-4-10(5-3-9)6-12(15(19)20)14-13(16)7-11(17)8-18-14/h2-5,7-8,12H,6H2,1H3,(H,19,20). The summed E-state index contributed by atoms with van der Waals surface area (Å²) in [4.78, 5) is 15.7. The topological polar surface area (TPSA) is 50.2 Å². The van der Waals surface area contributed by atoms with Crippen LogP contribution < -0.4 is 0 Å². The molecule has 1 N–H and O–H groups in total. The van der Waals surface area contributed by atoms with Crippen LogP contribution in [0.2, 0.25) is 5.02 Å². The molecular formula is C15H13BrClNO2. The Hall–Kier alpha value is -1.39. The second kappa shape index (κ2) is 6.37. The molecule has 0 aliphatic heterocycles. The highest BCUT2D eigenvalue weighted by molar-refractivity contribution is 9.10. The zero-order valence-electron chi connectivity index (χ0n) is 10.8. The van der Waals surface area contributed by atoms with Gasteiger partial charge < -0.3 is 5.11 Å². The van der Waals surface area contributed by atoms with Crippen molar-refractivity contribution < 1.29 is 9.90 Å². The maximum absolute atomic E-state index is 11.5. The van der Waals surface area contributed by atoms with Crippen LogP contribution in [0.1, 0.15) is 22.7 Å². The molecule has 0 radical (unpaired) electrons. The Bertz CT molecular complexity index is 628. The van der Waals surface area contributed by atoms with E-state index >= 15 is 0 Å². The quantitative estimate of drug-likeness (QED) is 0.894. The summed E-state index contributed by atoms with van der Waals surface area (Å²) < 4.78 is 0.615. The van der Waals surface area contributed by atoms with Crippen molar-refractivity contribution in [2.24, 2.45) is 0 Å². The van der Waals surface area contributed by atoms with Gasteiger partial charge in [0, 0.05) is 10.7 Å². The van der Waals surface area contributed by atoms with Crippen molar-refractivity contribution in [1.82, 2.24) is 4.98 Å². The normalized spacial score (nSPS) is 12.2. The van der Waals surface area contributed by atoms with Crippen LogP contribution in [0.15, 0.2) is 41.0 Å². The molecule has 1 unspecified atom stereocenters. The highest BCUT2D eigenvalue weighted by Crippen LogP contribution is 2.28. The van der Waals surface area contributed by atoms with Crippen molar-refractivity contribution in [2.45, 2.75) is 19.3 Å². The first-order valence-electron chi connectivity index (χ1n) is 6.06. The molecule has 20 heavy (non-hydrogen) atoms. The SMILES string of the molecule is Cc1ccc(CC(C(=O)O)c2ncc(Cl)cc2Br)cc1. The Morgan fingerprint density at radius 2 is 2.05 bits per heavy atom. The van der Waals surface area contributed by atoms with Crippen LogP contribution in [-0.4, -0.2) is 16.1 Å². The highest BCUT2D eigenvalue weighted by atomic mass is 79.9. The summed E-state index contributed by atoms with van der Waals surface area (Å²) in [6, 6.07) is 9.48. The number of rotatable bonds is 4. The summed E-state index contributed by atoms with van der Waals surface area (Å²) in [5, 5.41) is 9.91. The number of pyridine rings is 1. The molecule has 3 nitrogen and oxygen atoms in total. The van der Waals surface area contributed by atoms with E-state index in [-0.39, 0.29) is 0 Å². The molecule has 2 rings (SSSR count). The fourth-order valence-electron chi connectivity index (χ4n) is 1.94. The van der Waals surface area contributed by atoms with E-state index in [1.165, 1.54) is 6.20 Å². The van der Waals surface area contributed by atoms with Gasteiger partial charge in [-0.2, -0.15) is 0 Å². The smallest absolute Gasteiger partial charge is 0.312 e. The van der Waals surface area contributed by atoms with Crippen molar-refractivity contribution >= 4 is 33.5 Å². The first-order chi connectivity index (χ1) is 9.47. The van der Waals surface area contributed by atoms with Gasteiger partial charge in [0.2, 0.25) is 0 Å². The van der Waals surface area contributed by atoms with Gasteiger partial charge in [-0.25, -0.2) is 0 Å². The molecule has 0 aliphatic rings. The first-order valence-corrected chi connectivity index (χ1v) is 7.24. The minimum Gasteiger partial charge on any atom is -0.481 e. The van der Waals surface area contributed by atoms with Gasteiger partial charge in [-0.1, -0.05) is 41.4 Å². The molecule has 0 saturated heterocycles. The number of hydrogen-bond donors (Lipinski definition) is 1. The summed E-state index contributed by atoms with van der Waals surface area (Å²) in [5.74, 6) is -1.61. The lowest BCUT2D eigenvalue weighted by Gasteiger charge is -2.14. The fourth-order valence-corrected chi connectivity index (χ4v) is 2.86. The van der Waals surface area contributed by atoms with E-state index in [9.17, 15) is 9.90 Å². The highest BCUT2D eigenvalue weighted by Gasteiger charge is 2.24. The maximum Gasteiger partial charge on any atom is 0.312 e. The molecule has 5 heteroatoms. The number of carboxylic acid groups (broad SMARTS) is 1. The third-order valence-electron chi connectivity index (χ3n) is 3.02. The number of benzene rings is 1. The van der Waals surface area contributed by atoms with E-state index in [2.05, 4.69) is 20.9 Å². The molecule has 2 aromatic rings. The van der Waals surface area contributed by atoms with E-state index in [0.29, 0.717) is 21.6 Å². The van der Waals surface area contributed by atoms with Crippen LogP contribution in [0.5, 0.6) is 0 Å². The van der Waals surface area contributed by atoms with E-state index in [0.717, 1.165) is 11.1 Å². The predicted molar refractivity (Wildman–Crippen MR) is 82.2 cm³/mol. The van der Waals surface area contributed by atoms with Gasteiger partial charge in [0.05, 0.1) is 10.7 Å². The van der Waals surface area contributed by atoms with Crippen molar-refractivity contribution in [3.05, 3.63) is 62.8 Å². The zero-order chi connectivity index (χ0) is 14.7. The van der Waals surface area contributed by atoms with Gasteiger partial charge in [-0.3, -0.25) is 9.78 Å². The molecule has 0 fully saturated rings. The van der Waals surface area contributed by atoms with Gasteiger partial charge in [-0.05, 0) is 40.9 Å². The van der Waals surface area contributed by atoms with Crippen molar-refractivity contribution in [3.63, 3.8) is 0 Å². The molecule has 0 aliphatic carbocycles. The number of carboxylic acids is 1. The average molecular weight is 355 g/mol. The summed E-state index contributed by atoms with van der Waals surface area (Å²) in [7, 11) is 0. The first kappa shape index (κ1) is 15.0. The lowest BCUT2D eigenvalue weighted by molar-refractivity contribution is -0.138. The van der Waals surface area contributed by atoms with Crippen LogP contribution in [0, 0.1) is 6.92 Å². The van der Waals surface area contributed by atoms with E-state index in [1.54, 1.807) is 6.07 Å². The third kappa shape index (κ3) is 3.58. The average Bonchev–Trinajstić information content (AvgIpc) is 2.39. The molecule has 1 aromatic carbocycles. The van der Waals surface area contributed by atoms with Crippen LogP contribution in [0.4, 0.5) is 0 Å². The van der Waals surface area contributed by atoms with Crippen molar-refractivity contribution in [1.29, 1.82) is 0 Å². The summed E-state index contributed by atoms with van der Waals surface area (Å²) in [6.07, 6.45) is 1.86. The molecule has 0 bridgehead atoms. The number of carbonyl (C=O) groups is 1. The summed E-state index contributed by atoms with van der Waals surface area (Å²) in [6.45, 7) is 2.00. The van der Waals surface area contributed by atoms with Gasteiger partial charge in [0.15, 0.2) is 0 Å². The van der Waals surface area contributed by atoms with E-state index in [4.69, 9.17) is 11.6 Å². The Morgan fingerprint density at radius 3 is 2.60 bits per heavy atom. The molecule has 0 amide bonds. The van der Waals surface area contributed by atoms with E-state index < -0.39 is 11.9 Å². The fraction of sp³-hybridized carbons (Fsp3) is 0.200. The van der Waals surface area contributed by atoms with Crippen LogP contribution in [0.25, 0.3) is 0 Å². The number of nitrogens with zero attached hydrogens (tertiary/aromatic N) is 1. The molecule has 1 aromatic heterocycles. The summed E-state index contributed by atoms with van der Waals surface area (Å²) >= 11 is 9.17. The Balaban J connectivity index is 2.31. The Labute approximate surface area is 130 Å². The molecular weight excluding hydrogens is 342 g/mol. The molecule has 1 atom stereocenters. The van der Waals surface area contributed by atoms with Gasteiger partial charge >= 0.3 is 5.97 Å². The largest absolute Gasteiger partial charge is 0.481 e. The van der Waals surface area contributed by atoms with Gasteiger partial charge in [0.1, 0.15) is 5.92 Å². The third-order valence-corrected chi connectivity index (χ3v) is 3.87. The van der Waals surface area contributed by atoms with Crippen molar-refractivity contribution in [2.75, 3.05) is 0 Å². The van der Waals surface area contributed by atoms with Gasteiger partial charge in [0.25, 0.3) is 0 Å². The molecule has 104 valence electrons.